The summed E-state index contributed by atoms with van der Waals surface area (Å²) in [6.45, 7) is 0.637. The van der Waals surface area contributed by atoms with Gasteiger partial charge in [0, 0.05) is 28.5 Å². The molecule has 15 heavy (non-hydrogen) atoms. The smallest absolute Gasteiger partial charge is 0.0714 e. The summed E-state index contributed by atoms with van der Waals surface area (Å²) in [4.78, 5) is 5.14. The molecule has 4 heteroatoms. The van der Waals surface area contributed by atoms with Gasteiger partial charge >= 0.3 is 0 Å². The van der Waals surface area contributed by atoms with E-state index in [-0.39, 0.29) is 0 Å². The zero-order valence-electron chi connectivity index (χ0n) is 8.18. The lowest BCUT2D eigenvalue weighted by atomic mass is 10.1. The first-order valence-corrected chi connectivity index (χ1v) is 5.51. The Bertz CT molecular complexity index is 473. The summed E-state index contributed by atoms with van der Waals surface area (Å²) in [5.74, 6) is 0. The molecule has 0 saturated carbocycles. The van der Waals surface area contributed by atoms with Crippen molar-refractivity contribution in [2.24, 2.45) is 5.73 Å². The molecule has 0 spiro atoms. The van der Waals surface area contributed by atoms with Crippen LogP contribution in [-0.2, 0) is 6.42 Å². The number of rotatable bonds is 3. The van der Waals surface area contributed by atoms with Gasteiger partial charge in [-0.3, -0.25) is 4.98 Å². The van der Waals surface area contributed by atoms with Crippen LogP contribution < -0.4 is 5.73 Å². The van der Waals surface area contributed by atoms with Crippen LogP contribution in [0.15, 0.2) is 35.4 Å². The monoisotopic (exact) mass is 220 g/mol. The number of nitrogens with zero attached hydrogens (tertiary/aromatic N) is 1. The molecule has 3 N–H and O–H groups in total. The predicted molar refractivity (Wildman–Crippen MR) is 63.0 cm³/mol. The topological polar surface area (TPSA) is 59.1 Å². The van der Waals surface area contributed by atoms with Crippen molar-refractivity contribution in [1.29, 1.82) is 0 Å². The molecule has 1 heterocycles. The second-order valence-corrected chi connectivity index (χ2v) is 3.98. The largest absolute Gasteiger partial charge is 0.330 e. The summed E-state index contributed by atoms with van der Waals surface area (Å²) in [6.07, 6.45) is 2.68. The Kier molecular flexibility index (Phi) is 3.20. The first-order valence-electron chi connectivity index (χ1n) is 4.73. The van der Waals surface area contributed by atoms with Crippen LogP contribution in [0.5, 0.6) is 0 Å². The van der Waals surface area contributed by atoms with Gasteiger partial charge in [0.05, 0.1) is 5.52 Å². The van der Waals surface area contributed by atoms with Gasteiger partial charge in [0.1, 0.15) is 0 Å². The summed E-state index contributed by atoms with van der Waals surface area (Å²) >= 11 is 0.738. The van der Waals surface area contributed by atoms with Crippen molar-refractivity contribution >= 4 is 22.9 Å². The summed E-state index contributed by atoms with van der Waals surface area (Å²) in [6, 6.07) is 7.79. The van der Waals surface area contributed by atoms with Crippen molar-refractivity contribution in [3.05, 3.63) is 36.0 Å². The van der Waals surface area contributed by atoms with Gasteiger partial charge in [-0.25, -0.2) is 0 Å². The van der Waals surface area contributed by atoms with Crippen LogP contribution in [0, 0.1) is 0 Å². The third kappa shape index (κ3) is 2.28. The number of pyridine rings is 1. The minimum absolute atomic E-state index is 0.637. The van der Waals surface area contributed by atoms with Crippen molar-refractivity contribution in [1.82, 2.24) is 4.98 Å². The van der Waals surface area contributed by atoms with E-state index in [0.717, 1.165) is 39.8 Å². The van der Waals surface area contributed by atoms with Gasteiger partial charge in [0.2, 0.25) is 0 Å². The highest BCUT2D eigenvalue weighted by molar-refractivity contribution is 7.93. The van der Waals surface area contributed by atoms with E-state index < -0.39 is 0 Å². The van der Waals surface area contributed by atoms with Gasteiger partial charge < -0.3 is 10.3 Å². The molecule has 0 aliphatic heterocycles. The van der Waals surface area contributed by atoms with Gasteiger partial charge in [0.15, 0.2) is 0 Å². The average Bonchev–Trinajstić information content (AvgIpc) is 2.29. The molecule has 0 saturated heterocycles. The van der Waals surface area contributed by atoms with Crippen LogP contribution in [0.3, 0.4) is 0 Å². The Morgan fingerprint density at radius 2 is 2.20 bits per heavy atom. The van der Waals surface area contributed by atoms with Gasteiger partial charge in [0.25, 0.3) is 0 Å². The zero-order valence-corrected chi connectivity index (χ0v) is 9.00. The van der Waals surface area contributed by atoms with Gasteiger partial charge in [-0.1, -0.05) is 6.07 Å². The maximum atomic E-state index is 8.91. The lowest BCUT2D eigenvalue weighted by Crippen LogP contribution is -2.02. The quantitative estimate of drug-likeness (QED) is 0.779. The molecule has 2 rings (SSSR count). The first kappa shape index (κ1) is 10.4. The fraction of sp³-hybridized carbons (Fsp3) is 0.182. The number of aromatic nitrogens is 1. The first-order chi connectivity index (χ1) is 7.33. The fourth-order valence-electron chi connectivity index (χ4n) is 1.51. The van der Waals surface area contributed by atoms with E-state index in [0.29, 0.717) is 6.54 Å². The molecule has 2 aromatic rings. The highest BCUT2D eigenvalue weighted by atomic mass is 32.2. The Labute approximate surface area is 92.5 Å². The minimum Gasteiger partial charge on any atom is -0.330 e. The molecule has 1 aromatic carbocycles. The Morgan fingerprint density at radius 1 is 1.33 bits per heavy atom. The fourth-order valence-corrected chi connectivity index (χ4v) is 1.80. The number of benzene rings is 1. The highest BCUT2D eigenvalue weighted by Gasteiger charge is 1.99. The predicted octanol–water partition coefficient (Wildman–Crippen LogP) is 2.30. The molecule has 0 bridgehead atoms. The second-order valence-electron chi connectivity index (χ2n) is 3.33. The van der Waals surface area contributed by atoms with Crippen LogP contribution in [0.25, 0.3) is 10.9 Å². The minimum atomic E-state index is 0.637. The van der Waals surface area contributed by atoms with Crippen molar-refractivity contribution in [2.75, 3.05) is 6.54 Å². The number of fused-ring (bicyclic) bond motifs is 1. The molecule has 3 nitrogen and oxygen atoms in total. The molecule has 0 aliphatic rings. The molecule has 0 fully saturated rings. The standard InChI is InChI=1S/C11H12N2OS/c12-4-3-8-5-9-1-2-10(15-14)6-11(9)13-7-8/h1-2,5-7,14H,3-4,12H2. The third-order valence-electron chi connectivity index (χ3n) is 2.25. The van der Waals surface area contributed by atoms with E-state index in [1.165, 1.54) is 0 Å². The van der Waals surface area contributed by atoms with E-state index in [1.807, 2.05) is 24.4 Å². The number of hydrogen-bond acceptors (Lipinski definition) is 4. The van der Waals surface area contributed by atoms with E-state index >= 15 is 0 Å². The van der Waals surface area contributed by atoms with E-state index in [1.54, 1.807) is 0 Å². The summed E-state index contributed by atoms with van der Waals surface area (Å²) < 4.78 is 8.91. The summed E-state index contributed by atoms with van der Waals surface area (Å²) in [5, 5.41) is 1.08. The lowest BCUT2D eigenvalue weighted by Gasteiger charge is -2.02. The Morgan fingerprint density at radius 3 is 2.93 bits per heavy atom. The Hall–Kier alpha value is -1.10. The van der Waals surface area contributed by atoms with Crippen molar-refractivity contribution in [3.63, 3.8) is 0 Å². The Balaban J connectivity index is 2.45. The van der Waals surface area contributed by atoms with Crippen LogP contribution in [0.4, 0.5) is 0 Å². The zero-order chi connectivity index (χ0) is 10.7. The number of nitrogens with two attached hydrogens (primary N) is 1. The van der Waals surface area contributed by atoms with Gasteiger partial charge in [-0.05, 0) is 36.7 Å². The molecular formula is C11H12N2OS. The van der Waals surface area contributed by atoms with E-state index in [2.05, 4.69) is 11.1 Å². The maximum Gasteiger partial charge on any atom is 0.0714 e. The lowest BCUT2D eigenvalue weighted by molar-refractivity contribution is 0.664. The molecule has 0 atom stereocenters. The highest BCUT2D eigenvalue weighted by Crippen LogP contribution is 2.20. The van der Waals surface area contributed by atoms with Crippen molar-refractivity contribution in [2.45, 2.75) is 11.3 Å². The molecular weight excluding hydrogens is 208 g/mol. The molecule has 1 aromatic heterocycles. The molecule has 0 unspecified atom stereocenters. The molecule has 78 valence electrons. The SMILES string of the molecule is NCCc1cnc2cc(SO)ccc2c1. The van der Waals surface area contributed by atoms with Crippen LogP contribution in [-0.4, -0.2) is 16.1 Å². The van der Waals surface area contributed by atoms with Crippen LogP contribution in [0.2, 0.25) is 0 Å². The van der Waals surface area contributed by atoms with E-state index in [9.17, 15) is 0 Å². The summed E-state index contributed by atoms with van der Waals surface area (Å²) in [5.41, 5.74) is 7.53. The van der Waals surface area contributed by atoms with E-state index in [4.69, 9.17) is 10.3 Å². The summed E-state index contributed by atoms with van der Waals surface area (Å²) in [7, 11) is 0. The number of hydrogen-bond donors (Lipinski definition) is 2. The third-order valence-corrected chi connectivity index (χ3v) is 2.72. The van der Waals surface area contributed by atoms with Crippen molar-refractivity contribution in [3.8, 4) is 0 Å². The van der Waals surface area contributed by atoms with Crippen LogP contribution >= 0.6 is 12.0 Å². The average molecular weight is 220 g/mol. The normalized spacial score (nSPS) is 10.8. The molecule has 0 aliphatic carbocycles. The van der Waals surface area contributed by atoms with Crippen molar-refractivity contribution < 1.29 is 4.55 Å². The molecule has 0 amide bonds. The molecule has 0 radical (unpaired) electrons. The second kappa shape index (κ2) is 4.61. The van der Waals surface area contributed by atoms with Crippen LogP contribution in [0.1, 0.15) is 5.56 Å². The maximum absolute atomic E-state index is 8.91. The van der Waals surface area contributed by atoms with Gasteiger partial charge in [-0.2, -0.15) is 0 Å². The van der Waals surface area contributed by atoms with Gasteiger partial charge in [-0.15, -0.1) is 0 Å².